The second-order valence-electron chi connectivity index (χ2n) is 6.11. The summed E-state index contributed by atoms with van der Waals surface area (Å²) in [5.41, 5.74) is 2.12. The van der Waals surface area contributed by atoms with Gasteiger partial charge in [0, 0.05) is 18.8 Å². The maximum absolute atomic E-state index is 12.2. The summed E-state index contributed by atoms with van der Waals surface area (Å²) in [6, 6.07) is 7.92. The van der Waals surface area contributed by atoms with E-state index in [0.717, 1.165) is 18.8 Å². The van der Waals surface area contributed by atoms with Crippen LogP contribution >= 0.6 is 24.8 Å². The molecule has 24 heavy (non-hydrogen) atoms. The van der Waals surface area contributed by atoms with Crippen LogP contribution in [-0.4, -0.2) is 49.7 Å². The van der Waals surface area contributed by atoms with Crippen LogP contribution in [0.1, 0.15) is 24.8 Å². The van der Waals surface area contributed by atoms with Gasteiger partial charge in [-0.25, -0.2) is 0 Å². The van der Waals surface area contributed by atoms with E-state index in [1.54, 1.807) is 0 Å². The second-order valence-corrected chi connectivity index (χ2v) is 6.11. The Bertz CT molecular complexity index is 504. The number of likely N-dealkylation sites (tertiary alicyclic amines) is 1. The van der Waals surface area contributed by atoms with Gasteiger partial charge in [0.15, 0.2) is 0 Å². The molecule has 7 heteroatoms. The van der Waals surface area contributed by atoms with Crippen LogP contribution in [0.2, 0.25) is 0 Å². The highest BCUT2D eigenvalue weighted by atomic mass is 35.5. The molecule has 0 saturated carbocycles. The molecule has 2 N–H and O–H groups in total. The zero-order valence-electron chi connectivity index (χ0n) is 13.8. The van der Waals surface area contributed by atoms with Gasteiger partial charge in [-0.2, -0.15) is 0 Å². The average Bonchev–Trinajstić information content (AvgIpc) is 2.57. The molecule has 1 unspecified atom stereocenters. The van der Waals surface area contributed by atoms with Crippen molar-refractivity contribution in [2.24, 2.45) is 0 Å². The lowest BCUT2D eigenvalue weighted by Crippen LogP contribution is -2.48. The molecule has 0 spiro atoms. The van der Waals surface area contributed by atoms with E-state index in [1.807, 2.05) is 12.1 Å². The van der Waals surface area contributed by atoms with E-state index in [4.69, 9.17) is 4.74 Å². The van der Waals surface area contributed by atoms with E-state index >= 15 is 0 Å². The standard InChI is InChI=1S/C17H25N3O2.2ClH/c21-17(16-13-22-10-7-18-16)19-15-6-4-5-14(11-15)12-20-8-2-1-3-9-20;;/h4-6,11,16,18H,1-3,7-10,12-13H2,(H,19,21);2*1H. The van der Waals surface area contributed by atoms with Crippen LogP contribution in [0.4, 0.5) is 5.69 Å². The lowest BCUT2D eigenvalue weighted by Gasteiger charge is -2.26. The molecule has 2 fully saturated rings. The van der Waals surface area contributed by atoms with Gasteiger partial charge in [-0.15, -0.1) is 24.8 Å². The minimum atomic E-state index is -0.250. The van der Waals surface area contributed by atoms with Crippen molar-refractivity contribution in [2.75, 3.05) is 38.2 Å². The van der Waals surface area contributed by atoms with Crippen LogP contribution in [0.25, 0.3) is 0 Å². The van der Waals surface area contributed by atoms with Crippen LogP contribution in [0, 0.1) is 0 Å². The second kappa shape index (κ2) is 10.9. The highest BCUT2D eigenvalue weighted by molar-refractivity contribution is 5.95. The SMILES string of the molecule is Cl.Cl.O=C(Nc1cccc(CN2CCCCC2)c1)C1COCCN1. The monoisotopic (exact) mass is 375 g/mol. The molecule has 2 heterocycles. The van der Waals surface area contributed by atoms with E-state index in [-0.39, 0.29) is 36.8 Å². The topological polar surface area (TPSA) is 53.6 Å². The quantitative estimate of drug-likeness (QED) is 0.848. The van der Waals surface area contributed by atoms with Gasteiger partial charge in [0.05, 0.1) is 13.2 Å². The van der Waals surface area contributed by atoms with Crippen molar-refractivity contribution in [3.8, 4) is 0 Å². The summed E-state index contributed by atoms with van der Waals surface area (Å²) in [6.07, 6.45) is 3.94. The molecular formula is C17H27Cl2N3O2. The molecule has 1 atom stereocenters. The first-order valence-corrected chi connectivity index (χ1v) is 8.24. The first-order chi connectivity index (χ1) is 10.8. The zero-order chi connectivity index (χ0) is 15.2. The van der Waals surface area contributed by atoms with Gasteiger partial charge in [0.2, 0.25) is 5.91 Å². The summed E-state index contributed by atoms with van der Waals surface area (Å²) in [7, 11) is 0. The molecule has 2 saturated heterocycles. The van der Waals surface area contributed by atoms with Crippen LogP contribution in [-0.2, 0) is 16.1 Å². The fourth-order valence-corrected chi connectivity index (χ4v) is 3.09. The minimum Gasteiger partial charge on any atom is -0.378 e. The number of carbonyl (C=O) groups excluding carboxylic acids is 1. The van der Waals surface area contributed by atoms with Crippen molar-refractivity contribution in [3.63, 3.8) is 0 Å². The van der Waals surface area contributed by atoms with Gasteiger partial charge >= 0.3 is 0 Å². The van der Waals surface area contributed by atoms with Gasteiger partial charge in [-0.05, 0) is 43.6 Å². The van der Waals surface area contributed by atoms with Crippen LogP contribution in [0.3, 0.4) is 0 Å². The Morgan fingerprint density at radius 1 is 1.25 bits per heavy atom. The van der Waals surface area contributed by atoms with Crippen molar-refractivity contribution in [3.05, 3.63) is 29.8 Å². The molecule has 1 amide bonds. The first-order valence-electron chi connectivity index (χ1n) is 8.24. The maximum atomic E-state index is 12.2. The van der Waals surface area contributed by atoms with Crippen LogP contribution in [0.15, 0.2) is 24.3 Å². The molecule has 0 aliphatic carbocycles. The number of nitrogens with one attached hydrogen (secondary N) is 2. The highest BCUT2D eigenvalue weighted by Crippen LogP contribution is 2.16. The third kappa shape index (κ3) is 6.22. The fraction of sp³-hybridized carbons (Fsp3) is 0.588. The van der Waals surface area contributed by atoms with Crippen molar-refractivity contribution < 1.29 is 9.53 Å². The number of morpholine rings is 1. The Balaban J connectivity index is 0.00000144. The number of hydrogen-bond donors (Lipinski definition) is 2. The van der Waals surface area contributed by atoms with E-state index < -0.39 is 0 Å². The Kier molecular flexibility index (Phi) is 9.63. The molecule has 2 aliphatic rings. The number of piperidine rings is 1. The lowest BCUT2D eigenvalue weighted by atomic mass is 10.1. The smallest absolute Gasteiger partial charge is 0.243 e. The number of rotatable bonds is 4. The first kappa shape index (κ1) is 21.2. The predicted molar refractivity (Wildman–Crippen MR) is 101 cm³/mol. The molecule has 0 radical (unpaired) electrons. The van der Waals surface area contributed by atoms with Gasteiger partial charge in [0.25, 0.3) is 0 Å². The van der Waals surface area contributed by atoms with E-state index in [9.17, 15) is 4.79 Å². The van der Waals surface area contributed by atoms with E-state index in [1.165, 1.54) is 37.9 Å². The lowest BCUT2D eigenvalue weighted by molar-refractivity contribution is -0.120. The number of hydrogen-bond acceptors (Lipinski definition) is 4. The average molecular weight is 376 g/mol. The number of ether oxygens (including phenoxy) is 1. The summed E-state index contributed by atoms with van der Waals surface area (Å²) in [4.78, 5) is 14.7. The van der Waals surface area contributed by atoms with E-state index in [2.05, 4.69) is 27.7 Å². The Labute approximate surface area is 156 Å². The number of nitrogens with zero attached hydrogens (tertiary/aromatic N) is 1. The van der Waals surface area contributed by atoms with Gasteiger partial charge in [-0.1, -0.05) is 18.6 Å². The molecule has 2 aliphatic heterocycles. The number of amides is 1. The minimum absolute atomic E-state index is 0. The largest absolute Gasteiger partial charge is 0.378 e. The van der Waals surface area contributed by atoms with Crippen LogP contribution in [0.5, 0.6) is 0 Å². The summed E-state index contributed by atoms with van der Waals surface area (Å²) in [6.45, 7) is 5.18. The van der Waals surface area contributed by atoms with Crippen molar-refractivity contribution in [1.82, 2.24) is 10.2 Å². The molecule has 0 aromatic heterocycles. The number of benzene rings is 1. The van der Waals surface area contributed by atoms with Gasteiger partial charge < -0.3 is 15.4 Å². The van der Waals surface area contributed by atoms with Crippen LogP contribution < -0.4 is 10.6 Å². The number of anilines is 1. The predicted octanol–water partition coefficient (Wildman–Crippen LogP) is 2.44. The molecule has 1 aromatic carbocycles. The molecule has 0 bridgehead atoms. The highest BCUT2D eigenvalue weighted by Gasteiger charge is 2.21. The summed E-state index contributed by atoms with van der Waals surface area (Å²) >= 11 is 0. The third-order valence-electron chi connectivity index (χ3n) is 4.29. The maximum Gasteiger partial charge on any atom is 0.243 e. The van der Waals surface area contributed by atoms with Gasteiger partial charge in [0.1, 0.15) is 6.04 Å². The molecule has 1 aromatic rings. The normalized spacial score (nSPS) is 21.2. The Morgan fingerprint density at radius 2 is 2.04 bits per heavy atom. The van der Waals surface area contributed by atoms with Crippen molar-refractivity contribution in [2.45, 2.75) is 31.8 Å². The number of halogens is 2. The summed E-state index contributed by atoms with van der Waals surface area (Å²) in [5, 5.41) is 6.16. The Hall–Kier alpha value is -0.850. The summed E-state index contributed by atoms with van der Waals surface area (Å²) < 4.78 is 5.34. The Morgan fingerprint density at radius 3 is 2.75 bits per heavy atom. The summed E-state index contributed by atoms with van der Waals surface area (Å²) in [5.74, 6) is -0.0187. The number of carbonyl (C=O) groups is 1. The fourth-order valence-electron chi connectivity index (χ4n) is 3.09. The molecule has 5 nitrogen and oxygen atoms in total. The van der Waals surface area contributed by atoms with Crippen molar-refractivity contribution >= 4 is 36.4 Å². The van der Waals surface area contributed by atoms with Gasteiger partial charge in [-0.3, -0.25) is 9.69 Å². The third-order valence-corrected chi connectivity index (χ3v) is 4.29. The molecule has 136 valence electrons. The zero-order valence-corrected chi connectivity index (χ0v) is 15.5. The van der Waals surface area contributed by atoms with E-state index in [0.29, 0.717) is 13.2 Å². The van der Waals surface area contributed by atoms with Crippen molar-refractivity contribution in [1.29, 1.82) is 0 Å². The molecule has 3 rings (SSSR count). The molecular weight excluding hydrogens is 349 g/mol.